The molecule has 1 fully saturated rings. The van der Waals surface area contributed by atoms with Gasteiger partial charge in [-0.15, -0.1) is 21.5 Å². The quantitative estimate of drug-likeness (QED) is 0.376. The Bertz CT molecular complexity index is 860. The minimum atomic E-state index is -0.0596. The van der Waals surface area contributed by atoms with Crippen LogP contribution < -0.4 is 5.32 Å². The molecule has 1 saturated heterocycles. The lowest BCUT2D eigenvalue weighted by molar-refractivity contribution is -0.122. The molecule has 2 aromatic rings. The van der Waals surface area contributed by atoms with Gasteiger partial charge in [-0.2, -0.15) is 0 Å². The molecule has 0 spiro atoms. The maximum absolute atomic E-state index is 12.5. The molecule has 3 heterocycles. The van der Waals surface area contributed by atoms with Crippen LogP contribution in [-0.4, -0.2) is 37.8 Å². The SMILES string of the molecule is Cc1nnc(NC(=O)CCCCCN2C(=O)C(=Cc3cccs3)SC2=S)s1. The number of thioether (sulfide) groups is 1. The first kappa shape index (κ1) is 20.1. The predicted molar refractivity (Wildman–Crippen MR) is 116 cm³/mol. The number of hydrogen-bond donors (Lipinski definition) is 1. The first-order chi connectivity index (χ1) is 13.0. The van der Waals surface area contributed by atoms with Crippen molar-refractivity contribution in [1.29, 1.82) is 0 Å². The number of nitrogens with one attached hydrogen (secondary N) is 1. The predicted octanol–water partition coefficient (Wildman–Crippen LogP) is 4.31. The molecule has 0 aromatic carbocycles. The number of unbranched alkanes of at least 4 members (excludes halogenated alkanes) is 2. The van der Waals surface area contributed by atoms with Gasteiger partial charge in [-0.1, -0.05) is 47.8 Å². The van der Waals surface area contributed by atoms with E-state index in [4.69, 9.17) is 12.2 Å². The lowest BCUT2D eigenvalue weighted by atomic mass is 10.2. The average molecular weight is 439 g/mol. The Morgan fingerprint density at radius 1 is 1.33 bits per heavy atom. The molecule has 10 heteroatoms. The molecule has 2 aromatic heterocycles. The molecule has 0 atom stereocenters. The van der Waals surface area contributed by atoms with E-state index in [2.05, 4.69) is 15.5 Å². The molecule has 0 unspecified atom stereocenters. The second-order valence-electron chi connectivity index (χ2n) is 5.83. The summed E-state index contributed by atoms with van der Waals surface area (Å²) in [6, 6.07) is 3.94. The van der Waals surface area contributed by atoms with Crippen molar-refractivity contribution in [3.8, 4) is 0 Å². The third kappa shape index (κ3) is 5.68. The van der Waals surface area contributed by atoms with Crippen LogP contribution in [0.3, 0.4) is 0 Å². The van der Waals surface area contributed by atoms with Crippen molar-refractivity contribution < 1.29 is 9.59 Å². The highest BCUT2D eigenvalue weighted by atomic mass is 32.2. The summed E-state index contributed by atoms with van der Waals surface area (Å²) in [5.74, 6) is -0.0848. The first-order valence-electron chi connectivity index (χ1n) is 8.42. The zero-order chi connectivity index (χ0) is 19.2. The fraction of sp³-hybridized carbons (Fsp3) is 0.353. The van der Waals surface area contributed by atoms with E-state index in [0.29, 0.717) is 27.3 Å². The zero-order valence-corrected chi connectivity index (χ0v) is 17.9. The molecule has 2 amide bonds. The van der Waals surface area contributed by atoms with E-state index in [1.165, 1.54) is 23.1 Å². The highest BCUT2D eigenvalue weighted by Gasteiger charge is 2.31. The topological polar surface area (TPSA) is 75.2 Å². The number of thiophene rings is 1. The molecule has 142 valence electrons. The fourth-order valence-electron chi connectivity index (χ4n) is 2.46. The largest absolute Gasteiger partial charge is 0.301 e. The molecule has 6 nitrogen and oxygen atoms in total. The van der Waals surface area contributed by atoms with Crippen LogP contribution >= 0.6 is 46.7 Å². The Balaban J connectivity index is 1.38. The summed E-state index contributed by atoms with van der Waals surface area (Å²) in [6.45, 7) is 2.43. The fourth-order valence-corrected chi connectivity index (χ4v) is 5.10. The number of nitrogens with zero attached hydrogens (tertiary/aromatic N) is 3. The van der Waals surface area contributed by atoms with E-state index in [1.807, 2.05) is 30.5 Å². The Hall–Kier alpha value is -1.62. The third-order valence-corrected chi connectivity index (χ3v) is 6.70. The number of rotatable bonds is 8. The maximum atomic E-state index is 12.5. The summed E-state index contributed by atoms with van der Waals surface area (Å²) in [5.41, 5.74) is 0. The van der Waals surface area contributed by atoms with Crippen molar-refractivity contribution in [3.05, 3.63) is 32.3 Å². The Kier molecular flexibility index (Phi) is 7.11. The van der Waals surface area contributed by atoms with Crippen molar-refractivity contribution in [2.75, 3.05) is 11.9 Å². The third-order valence-electron chi connectivity index (χ3n) is 3.75. The summed E-state index contributed by atoms with van der Waals surface area (Å²) in [5, 5.41) is 13.8. The summed E-state index contributed by atoms with van der Waals surface area (Å²) in [6.07, 6.45) is 4.73. The van der Waals surface area contributed by atoms with Crippen molar-refractivity contribution in [2.45, 2.75) is 32.6 Å². The number of amides is 2. The number of aryl methyl sites for hydroxylation is 1. The molecular formula is C17H18N4O2S4. The van der Waals surface area contributed by atoms with Crippen LogP contribution in [-0.2, 0) is 9.59 Å². The lowest BCUT2D eigenvalue weighted by Crippen LogP contribution is -2.29. The second kappa shape index (κ2) is 9.54. The van der Waals surface area contributed by atoms with E-state index in [0.717, 1.165) is 29.1 Å². The van der Waals surface area contributed by atoms with Crippen LogP contribution in [0, 0.1) is 6.92 Å². The average Bonchev–Trinajstić information content (AvgIpc) is 3.33. The zero-order valence-electron chi connectivity index (χ0n) is 14.6. The molecule has 0 aliphatic carbocycles. The summed E-state index contributed by atoms with van der Waals surface area (Å²) >= 11 is 9.64. The smallest absolute Gasteiger partial charge is 0.266 e. The molecule has 27 heavy (non-hydrogen) atoms. The highest BCUT2D eigenvalue weighted by molar-refractivity contribution is 8.26. The Morgan fingerprint density at radius 3 is 2.89 bits per heavy atom. The van der Waals surface area contributed by atoms with Crippen molar-refractivity contribution >= 4 is 74.0 Å². The van der Waals surface area contributed by atoms with Gasteiger partial charge in [-0.25, -0.2) is 0 Å². The summed E-state index contributed by atoms with van der Waals surface area (Å²) in [4.78, 5) is 27.7. The van der Waals surface area contributed by atoms with Gasteiger partial charge in [0.2, 0.25) is 11.0 Å². The molecule has 1 aliphatic rings. The van der Waals surface area contributed by atoms with Crippen molar-refractivity contribution in [3.63, 3.8) is 0 Å². The normalized spacial score (nSPS) is 15.7. The molecule has 3 rings (SSSR count). The Labute approximate surface area is 175 Å². The van der Waals surface area contributed by atoms with Gasteiger partial charge in [0.15, 0.2) is 0 Å². The molecule has 0 bridgehead atoms. The molecule has 1 N–H and O–H groups in total. The number of carbonyl (C=O) groups is 2. The standard InChI is InChI=1S/C17H18N4O2S4/c1-11-19-20-16(26-11)18-14(22)7-3-2-4-8-21-15(23)13(27-17(21)24)10-12-6-5-9-25-12/h5-6,9-10H,2-4,7-8H2,1H3,(H,18,20,22). The number of anilines is 1. The number of hydrogen-bond acceptors (Lipinski definition) is 8. The van der Waals surface area contributed by atoms with Crippen molar-refractivity contribution in [1.82, 2.24) is 15.1 Å². The van der Waals surface area contributed by atoms with Crippen LogP contribution in [0.25, 0.3) is 6.08 Å². The second-order valence-corrected chi connectivity index (χ2v) is 9.67. The van der Waals surface area contributed by atoms with E-state index in [-0.39, 0.29) is 11.8 Å². The Morgan fingerprint density at radius 2 is 2.19 bits per heavy atom. The van der Waals surface area contributed by atoms with Gasteiger partial charge in [-0.3, -0.25) is 14.5 Å². The molecular weight excluding hydrogens is 420 g/mol. The first-order valence-corrected chi connectivity index (χ1v) is 11.3. The van der Waals surface area contributed by atoms with E-state index in [9.17, 15) is 9.59 Å². The van der Waals surface area contributed by atoms with Crippen LogP contribution in [0.5, 0.6) is 0 Å². The number of aromatic nitrogens is 2. The van der Waals surface area contributed by atoms with Gasteiger partial charge < -0.3 is 5.32 Å². The van der Waals surface area contributed by atoms with Gasteiger partial charge in [0.1, 0.15) is 9.33 Å². The van der Waals surface area contributed by atoms with Crippen LogP contribution in [0.1, 0.15) is 35.6 Å². The highest BCUT2D eigenvalue weighted by Crippen LogP contribution is 2.33. The summed E-state index contributed by atoms with van der Waals surface area (Å²) in [7, 11) is 0. The monoisotopic (exact) mass is 438 g/mol. The minimum absolute atomic E-state index is 0.0252. The van der Waals surface area contributed by atoms with Crippen LogP contribution in [0.15, 0.2) is 22.4 Å². The number of thiocarbonyl (C=S) groups is 1. The van der Waals surface area contributed by atoms with Crippen LogP contribution in [0.4, 0.5) is 5.13 Å². The van der Waals surface area contributed by atoms with Gasteiger partial charge in [0.05, 0.1) is 4.91 Å². The van der Waals surface area contributed by atoms with Gasteiger partial charge >= 0.3 is 0 Å². The molecule has 1 aliphatic heterocycles. The minimum Gasteiger partial charge on any atom is -0.301 e. The maximum Gasteiger partial charge on any atom is 0.266 e. The van der Waals surface area contributed by atoms with E-state index in [1.54, 1.807) is 16.2 Å². The van der Waals surface area contributed by atoms with Gasteiger partial charge in [0, 0.05) is 17.8 Å². The lowest BCUT2D eigenvalue weighted by Gasteiger charge is -2.13. The van der Waals surface area contributed by atoms with E-state index >= 15 is 0 Å². The van der Waals surface area contributed by atoms with E-state index < -0.39 is 0 Å². The van der Waals surface area contributed by atoms with Gasteiger partial charge in [-0.05, 0) is 37.3 Å². The number of carbonyl (C=O) groups excluding carboxylic acids is 2. The molecule has 0 radical (unpaired) electrons. The molecule has 0 saturated carbocycles. The van der Waals surface area contributed by atoms with Gasteiger partial charge in [0.25, 0.3) is 5.91 Å². The van der Waals surface area contributed by atoms with Crippen molar-refractivity contribution in [2.24, 2.45) is 0 Å². The van der Waals surface area contributed by atoms with Crippen LogP contribution in [0.2, 0.25) is 0 Å². The summed E-state index contributed by atoms with van der Waals surface area (Å²) < 4.78 is 0.604.